The highest BCUT2D eigenvalue weighted by atomic mass is 16.5. The van der Waals surface area contributed by atoms with Gasteiger partial charge < -0.3 is 25.2 Å². The Kier molecular flexibility index (Phi) is 3.03. The second-order valence-corrected chi connectivity index (χ2v) is 3.05. The van der Waals surface area contributed by atoms with Gasteiger partial charge in [-0.05, 0) is 0 Å². The van der Waals surface area contributed by atoms with Crippen LogP contribution in [0.25, 0.3) is 0 Å². The van der Waals surface area contributed by atoms with Crippen molar-refractivity contribution in [3.05, 3.63) is 0 Å². The van der Waals surface area contributed by atoms with E-state index in [0.29, 0.717) is 0 Å². The molecule has 0 bridgehead atoms. The van der Waals surface area contributed by atoms with Gasteiger partial charge in [0.25, 0.3) is 0 Å². The summed E-state index contributed by atoms with van der Waals surface area (Å²) in [4.78, 5) is 0. The summed E-state index contributed by atoms with van der Waals surface area (Å²) in [6.07, 6.45) is -5.27. The van der Waals surface area contributed by atoms with Crippen molar-refractivity contribution in [2.75, 3.05) is 7.11 Å². The third-order valence-corrected chi connectivity index (χ3v) is 2.22. The molecular weight excluding hydrogens is 164 g/mol. The largest absolute Gasteiger partial charge is 0.390 e. The molecule has 0 radical (unpaired) electrons. The van der Waals surface area contributed by atoms with E-state index < -0.39 is 30.5 Å². The molecule has 0 saturated heterocycles. The highest BCUT2D eigenvalue weighted by Crippen LogP contribution is 2.22. The summed E-state index contributed by atoms with van der Waals surface area (Å²) in [5, 5.41) is 36.8. The number of methoxy groups -OCH3 is 1. The smallest absolute Gasteiger partial charge is 0.112 e. The Morgan fingerprint density at radius 3 is 2.08 bits per heavy atom. The first-order valence-electron chi connectivity index (χ1n) is 3.83. The molecule has 0 aromatic rings. The molecule has 0 amide bonds. The molecule has 5 atom stereocenters. The Balaban J connectivity index is 2.65. The highest BCUT2D eigenvalue weighted by molar-refractivity contribution is 4.93. The molecule has 0 aliphatic heterocycles. The molecule has 0 unspecified atom stereocenters. The Hall–Kier alpha value is -0.200. The molecule has 1 fully saturated rings. The lowest BCUT2D eigenvalue weighted by atomic mass is 9.87. The lowest BCUT2D eigenvalue weighted by Crippen LogP contribution is -2.56. The van der Waals surface area contributed by atoms with E-state index in [9.17, 15) is 15.3 Å². The van der Waals surface area contributed by atoms with Gasteiger partial charge in [-0.2, -0.15) is 0 Å². The monoisotopic (exact) mass is 178 g/mol. The first kappa shape index (κ1) is 9.88. The number of rotatable bonds is 1. The van der Waals surface area contributed by atoms with Crippen molar-refractivity contribution < 1.29 is 25.2 Å². The van der Waals surface area contributed by atoms with Gasteiger partial charge in [-0.15, -0.1) is 0 Å². The van der Waals surface area contributed by atoms with Crippen molar-refractivity contribution in [2.24, 2.45) is 0 Å². The molecule has 0 aromatic carbocycles. The Morgan fingerprint density at radius 1 is 1.00 bits per heavy atom. The fourth-order valence-electron chi connectivity index (χ4n) is 1.47. The van der Waals surface area contributed by atoms with E-state index >= 15 is 0 Å². The fourth-order valence-corrected chi connectivity index (χ4v) is 1.47. The van der Waals surface area contributed by atoms with Crippen LogP contribution >= 0.6 is 0 Å². The summed E-state index contributed by atoms with van der Waals surface area (Å²) in [6, 6.07) is 0. The third kappa shape index (κ3) is 1.60. The Bertz CT molecular complexity index is 151. The molecule has 4 N–H and O–H groups in total. The number of hydrogen-bond donors (Lipinski definition) is 4. The summed E-state index contributed by atoms with van der Waals surface area (Å²) in [7, 11) is 1.33. The van der Waals surface area contributed by atoms with E-state index in [0.717, 1.165) is 0 Å². The highest BCUT2D eigenvalue weighted by Gasteiger charge is 2.42. The zero-order chi connectivity index (χ0) is 9.30. The van der Waals surface area contributed by atoms with Gasteiger partial charge >= 0.3 is 0 Å². The van der Waals surface area contributed by atoms with Gasteiger partial charge in [-0.1, -0.05) is 0 Å². The van der Waals surface area contributed by atoms with Crippen LogP contribution in [0.1, 0.15) is 6.42 Å². The average Bonchev–Trinajstić information content (AvgIpc) is 2.01. The van der Waals surface area contributed by atoms with E-state index in [4.69, 9.17) is 9.84 Å². The van der Waals surface area contributed by atoms with Gasteiger partial charge in [0, 0.05) is 13.5 Å². The summed E-state index contributed by atoms with van der Waals surface area (Å²) in [5.74, 6) is 0. The standard InChI is InChI=1S/C7H14O5/c1-12-7-4(9)2-3(8)5(10)6(7)11/h3-11H,2H2,1H3/t3-,4+,5-,6+,7+/m1/s1. The molecule has 72 valence electrons. The fraction of sp³-hybridized carbons (Fsp3) is 1.00. The summed E-state index contributed by atoms with van der Waals surface area (Å²) in [5.41, 5.74) is 0. The number of aliphatic hydroxyl groups excluding tert-OH is 4. The van der Waals surface area contributed by atoms with Crippen LogP contribution in [0.3, 0.4) is 0 Å². The van der Waals surface area contributed by atoms with Gasteiger partial charge in [-0.25, -0.2) is 0 Å². The molecule has 0 aromatic heterocycles. The van der Waals surface area contributed by atoms with Crippen molar-refractivity contribution in [2.45, 2.75) is 36.9 Å². The van der Waals surface area contributed by atoms with Crippen molar-refractivity contribution in [3.63, 3.8) is 0 Å². The van der Waals surface area contributed by atoms with Crippen LogP contribution in [0.2, 0.25) is 0 Å². The van der Waals surface area contributed by atoms with Crippen LogP contribution in [-0.4, -0.2) is 58.1 Å². The minimum atomic E-state index is -1.24. The number of hydrogen-bond acceptors (Lipinski definition) is 5. The van der Waals surface area contributed by atoms with Gasteiger partial charge in [0.15, 0.2) is 0 Å². The van der Waals surface area contributed by atoms with Crippen LogP contribution in [0, 0.1) is 0 Å². The minimum Gasteiger partial charge on any atom is -0.390 e. The number of ether oxygens (including phenoxy) is 1. The molecule has 1 aliphatic rings. The lowest BCUT2D eigenvalue weighted by molar-refractivity contribution is -0.185. The second kappa shape index (κ2) is 3.68. The van der Waals surface area contributed by atoms with E-state index in [-0.39, 0.29) is 6.42 Å². The third-order valence-electron chi connectivity index (χ3n) is 2.22. The van der Waals surface area contributed by atoms with Gasteiger partial charge in [0.1, 0.15) is 18.3 Å². The van der Waals surface area contributed by atoms with E-state index in [1.165, 1.54) is 7.11 Å². The minimum absolute atomic E-state index is 0.0245. The van der Waals surface area contributed by atoms with E-state index in [1.807, 2.05) is 0 Å². The maximum atomic E-state index is 9.28. The zero-order valence-corrected chi connectivity index (χ0v) is 6.79. The lowest BCUT2D eigenvalue weighted by Gasteiger charge is -2.37. The molecule has 1 aliphatic carbocycles. The summed E-state index contributed by atoms with van der Waals surface area (Å²) >= 11 is 0. The van der Waals surface area contributed by atoms with Crippen LogP contribution in [0.15, 0.2) is 0 Å². The van der Waals surface area contributed by atoms with Crippen molar-refractivity contribution >= 4 is 0 Å². The van der Waals surface area contributed by atoms with Crippen LogP contribution in [0.5, 0.6) is 0 Å². The SMILES string of the molecule is CO[C@@H]1[C@@H](O)[C@H](O)[C@H](O)C[C@@H]1O. The molecule has 1 saturated carbocycles. The van der Waals surface area contributed by atoms with E-state index in [1.54, 1.807) is 0 Å². The van der Waals surface area contributed by atoms with Gasteiger partial charge in [0.05, 0.1) is 12.2 Å². The van der Waals surface area contributed by atoms with Crippen LogP contribution < -0.4 is 0 Å². The van der Waals surface area contributed by atoms with Crippen molar-refractivity contribution in [3.8, 4) is 0 Å². The van der Waals surface area contributed by atoms with Crippen molar-refractivity contribution in [1.29, 1.82) is 0 Å². The quantitative estimate of drug-likeness (QED) is 0.367. The maximum absolute atomic E-state index is 9.28. The molecule has 0 spiro atoms. The molecule has 0 heterocycles. The average molecular weight is 178 g/mol. The predicted octanol–water partition coefficient (Wildman–Crippen LogP) is -2.15. The van der Waals surface area contributed by atoms with Gasteiger partial charge in [0.2, 0.25) is 0 Å². The molecular formula is C7H14O5. The first-order valence-corrected chi connectivity index (χ1v) is 3.83. The maximum Gasteiger partial charge on any atom is 0.112 e. The van der Waals surface area contributed by atoms with Crippen molar-refractivity contribution in [1.82, 2.24) is 0 Å². The Morgan fingerprint density at radius 2 is 1.58 bits per heavy atom. The second-order valence-electron chi connectivity index (χ2n) is 3.05. The number of aliphatic hydroxyl groups is 4. The molecule has 1 rings (SSSR count). The predicted molar refractivity (Wildman–Crippen MR) is 39.4 cm³/mol. The van der Waals surface area contributed by atoms with Crippen LogP contribution in [-0.2, 0) is 4.74 Å². The normalized spacial score (nSPS) is 49.2. The van der Waals surface area contributed by atoms with Gasteiger partial charge in [-0.3, -0.25) is 0 Å². The Labute approximate surface area is 70.2 Å². The first-order chi connectivity index (χ1) is 5.57. The molecule has 5 heteroatoms. The zero-order valence-electron chi connectivity index (χ0n) is 6.79. The summed E-state index contributed by atoms with van der Waals surface area (Å²) < 4.78 is 4.76. The van der Waals surface area contributed by atoms with Crippen LogP contribution in [0.4, 0.5) is 0 Å². The summed E-state index contributed by atoms with van der Waals surface area (Å²) in [6.45, 7) is 0. The topological polar surface area (TPSA) is 90.2 Å². The molecule has 12 heavy (non-hydrogen) atoms. The molecule has 5 nitrogen and oxygen atoms in total. The van der Waals surface area contributed by atoms with E-state index in [2.05, 4.69) is 0 Å².